The lowest BCUT2D eigenvalue weighted by atomic mass is 10.2. The van der Waals surface area contributed by atoms with Crippen LogP contribution < -0.4 is 9.47 Å². The maximum atomic E-state index is 5.88. The molecule has 4 heteroatoms. The third-order valence-corrected chi connectivity index (χ3v) is 4.38. The second-order valence-electron chi connectivity index (χ2n) is 5.17. The number of aromatic nitrogens is 1. The highest BCUT2D eigenvalue weighted by atomic mass is 127. The standard InChI is InChI=1S/C19H18INO2/c20-16-9-1-2-10-17(16)22-13-3-4-14-23-18-11-5-7-15-8-6-12-21-19(15)18/h1-2,5-12H,3-4,13-14H2. The fourth-order valence-corrected chi connectivity index (χ4v) is 2.87. The molecule has 0 aliphatic rings. The van der Waals surface area contributed by atoms with Gasteiger partial charge in [0.05, 0.1) is 16.8 Å². The van der Waals surface area contributed by atoms with Crippen LogP contribution in [0.2, 0.25) is 0 Å². The molecule has 0 amide bonds. The van der Waals surface area contributed by atoms with Gasteiger partial charge in [0.1, 0.15) is 17.0 Å². The topological polar surface area (TPSA) is 31.4 Å². The van der Waals surface area contributed by atoms with Crippen LogP contribution >= 0.6 is 22.6 Å². The van der Waals surface area contributed by atoms with Crippen LogP contribution in [-0.4, -0.2) is 18.2 Å². The third kappa shape index (κ3) is 4.34. The fourth-order valence-electron chi connectivity index (χ4n) is 2.32. The Hall–Kier alpha value is -1.82. The zero-order valence-electron chi connectivity index (χ0n) is 12.7. The van der Waals surface area contributed by atoms with Crippen LogP contribution in [0.15, 0.2) is 60.8 Å². The van der Waals surface area contributed by atoms with Crippen molar-refractivity contribution in [2.24, 2.45) is 0 Å². The molecule has 1 heterocycles. The third-order valence-electron chi connectivity index (χ3n) is 3.49. The number of unbranched alkanes of at least 4 members (excludes halogenated alkanes) is 1. The van der Waals surface area contributed by atoms with E-state index in [0.29, 0.717) is 13.2 Å². The molecule has 0 radical (unpaired) electrons. The summed E-state index contributed by atoms with van der Waals surface area (Å²) in [7, 11) is 0. The minimum Gasteiger partial charge on any atom is -0.492 e. The Morgan fingerprint density at radius 2 is 1.48 bits per heavy atom. The minimum atomic E-state index is 0.672. The molecule has 0 unspecified atom stereocenters. The number of hydrogen-bond donors (Lipinski definition) is 0. The van der Waals surface area contributed by atoms with Crippen molar-refractivity contribution in [2.75, 3.05) is 13.2 Å². The molecule has 0 saturated heterocycles. The summed E-state index contributed by atoms with van der Waals surface area (Å²) in [5.74, 6) is 1.80. The number of rotatable bonds is 7. The van der Waals surface area contributed by atoms with Crippen molar-refractivity contribution in [1.29, 1.82) is 0 Å². The predicted octanol–water partition coefficient (Wildman–Crippen LogP) is 5.08. The van der Waals surface area contributed by atoms with Gasteiger partial charge >= 0.3 is 0 Å². The van der Waals surface area contributed by atoms with Crippen molar-refractivity contribution < 1.29 is 9.47 Å². The molecule has 0 bridgehead atoms. The SMILES string of the molecule is Ic1ccccc1OCCCCOc1cccc2cccnc12. The quantitative estimate of drug-likeness (QED) is 0.396. The first kappa shape index (κ1) is 16.1. The normalized spacial score (nSPS) is 10.7. The van der Waals surface area contributed by atoms with Crippen LogP contribution in [0.5, 0.6) is 11.5 Å². The molecule has 0 saturated carbocycles. The fraction of sp³-hybridized carbons (Fsp3) is 0.211. The van der Waals surface area contributed by atoms with E-state index in [9.17, 15) is 0 Å². The highest BCUT2D eigenvalue weighted by Gasteiger charge is 2.03. The van der Waals surface area contributed by atoms with Gasteiger partial charge in [-0.15, -0.1) is 0 Å². The van der Waals surface area contributed by atoms with Gasteiger partial charge in [-0.2, -0.15) is 0 Å². The lowest BCUT2D eigenvalue weighted by molar-refractivity contribution is 0.267. The maximum absolute atomic E-state index is 5.88. The van der Waals surface area contributed by atoms with Crippen LogP contribution in [0.25, 0.3) is 10.9 Å². The second kappa shape index (κ2) is 8.15. The number of para-hydroxylation sites is 2. The molecule has 0 fully saturated rings. The Bertz CT molecular complexity index is 771. The lowest BCUT2D eigenvalue weighted by Crippen LogP contribution is -2.03. The Morgan fingerprint density at radius 3 is 2.30 bits per heavy atom. The molecule has 3 aromatic rings. The molecule has 118 valence electrons. The number of hydrogen-bond acceptors (Lipinski definition) is 3. The zero-order chi connectivity index (χ0) is 15.9. The van der Waals surface area contributed by atoms with Gasteiger partial charge in [-0.05, 0) is 59.7 Å². The van der Waals surface area contributed by atoms with Gasteiger partial charge < -0.3 is 9.47 Å². The maximum Gasteiger partial charge on any atom is 0.145 e. The molecular formula is C19H18INO2. The number of nitrogens with zero attached hydrogens (tertiary/aromatic N) is 1. The van der Waals surface area contributed by atoms with Gasteiger partial charge in [-0.25, -0.2) is 0 Å². The number of ether oxygens (including phenoxy) is 2. The van der Waals surface area contributed by atoms with E-state index in [1.807, 2.05) is 54.6 Å². The summed E-state index contributed by atoms with van der Waals surface area (Å²) < 4.78 is 12.8. The summed E-state index contributed by atoms with van der Waals surface area (Å²) in [6.45, 7) is 1.38. The molecule has 1 aromatic heterocycles. The molecule has 3 nitrogen and oxygen atoms in total. The van der Waals surface area contributed by atoms with Crippen LogP contribution in [0.1, 0.15) is 12.8 Å². The summed E-state index contributed by atoms with van der Waals surface area (Å²) in [5.41, 5.74) is 0.921. The Morgan fingerprint density at radius 1 is 0.783 bits per heavy atom. The lowest BCUT2D eigenvalue weighted by Gasteiger charge is -2.10. The average Bonchev–Trinajstić information content (AvgIpc) is 2.59. The first-order valence-electron chi connectivity index (χ1n) is 7.68. The minimum absolute atomic E-state index is 0.672. The van der Waals surface area contributed by atoms with E-state index in [4.69, 9.17) is 9.47 Å². The molecular weight excluding hydrogens is 401 g/mol. The molecule has 2 aromatic carbocycles. The van der Waals surface area contributed by atoms with E-state index < -0.39 is 0 Å². The number of fused-ring (bicyclic) bond motifs is 1. The van der Waals surface area contributed by atoms with E-state index in [1.54, 1.807) is 6.20 Å². The molecule has 0 spiro atoms. The summed E-state index contributed by atoms with van der Waals surface area (Å²) >= 11 is 2.29. The van der Waals surface area contributed by atoms with E-state index in [0.717, 1.165) is 38.8 Å². The van der Waals surface area contributed by atoms with Crippen molar-refractivity contribution in [3.05, 3.63) is 64.4 Å². The zero-order valence-corrected chi connectivity index (χ0v) is 14.9. The van der Waals surface area contributed by atoms with Crippen molar-refractivity contribution in [3.8, 4) is 11.5 Å². The molecule has 0 aliphatic carbocycles. The largest absolute Gasteiger partial charge is 0.492 e. The molecule has 0 N–H and O–H groups in total. The van der Waals surface area contributed by atoms with Crippen molar-refractivity contribution in [1.82, 2.24) is 4.98 Å². The van der Waals surface area contributed by atoms with Gasteiger partial charge in [0.25, 0.3) is 0 Å². The molecule has 0 atom stereocenters. The van der Waals surface area contributed by atoms with Gasteiger partial charge in [0.15, 0.2) is 0 Å². The Labute approximate surface area is 149 Å². The molecule has 23 heavy (non-hydrogen) atoms. The van der Waals surface area contributed by atoms with Crippen molar-refractivity contribution >= 4 is 33.5 Å². The van der Waals surface area contributed by atoms with Crippen LogP contribution in [0.4, 0.5) is 0 Å². The monoisotopic (exact) mass is 419 g/mol. The van der Waals surface area contributed by atoms with Gasteiger partial charge in [0, 0.05) is 11.6 Å². The van der Waals surface area contributed by atoms with Crippen LogP contribution in [0, 0.1) is 3.57 Å². The Kier molecular flexibility index (Phi) is 5.69. The summed E-state index contributed by atoms with van der Waals surface area (Å²) in [5, 5.41) is 1.10. The van der Waals surface area contributed by atoms with Crippen LogP contribution in [-0.2, 0) is 0 Å². The summed E-state index contributed by atoms with van der Waals surface area (Å²) in [6.07, 6.45) is 3.71. The predicted molar refractivity (Wildman–Crippen MR) is 101 cm³/mol. The number of halogens is 1. The van der Waals surface area contributed by atoms with E-state index in [-0.39, 0.29) is 0 Å². The van der Waals surface area contributed by atoms with Crippen molar-refractivity contribution in [3.63, 3.8) is 0 Å². The average molecular weight is 419 g/mol. The Balaban J connectivity index is 1.44. The van der Waals surface area contributed by atoms with E-state index in [1.165, 1.54) is 0 Å². The first-order valence-corrected chi connectivity index (χ1v) is 8.76. The van der Waals surface area contributed by atoms with Gasteiger partial charge in [-0.3, -0.25) is 4.98 Å². The summed E-state index contributed by atoms with van der Waals surface area (Å²) in [6, 6.07) is 18.1. The van der Waals surface area contributed by atoms with Crippen molar-refractivity contribution in [2.45, 2.75) is 12.8 Å². The molecule has 3 rings (SSSR count). The second-order valence-corrected chi connectivity index (χ2v) is 6.33. The van der Waals surface area contributed by atoms with Gasteiger partial charge in [-0.1, -0.05) is 30.3 Å². The van der Waals surface area contributed by atoms with Gasteiger partial charge in [0.2, 0.25) is 0 Å². The number of benzene rings is 2. The van der Waals surface area contributed by atoms with E-state index >= 15 is 0 Å². The first-order chi connectivity index (χ1) is 11.3. The summed E-state index contributed by atoms with van der Waals surface area (Å²) in [4.78, 5) is 4.40. The highest BCUT2D eigenvalue weighted by Crippen LogP contribution is 2.23. The number of pyridine rings is 1. The highest BCUT2D eigenvalue weighted by molar-refractivity contribution is 14.1. The molecule has 0 aliphatic heterocycles. The van der Waals surface area contributed by atoms with E-state index in [2.05, 4.69) is 27.6 Å². The smallest absolute Gasteiger partial charge is 0.145 e. The van der Waals surface area contributed by atoms with Crippen LogP contribution in [0.3, 0.4) is 0 Å².